The van der Waals surface area contributed by atoms with E-state index in [1.807, 2.05) is 31.2 Å². The van der Waals surface area contributed by atoms with Gasteiger partial charge in [0.05, 0.1) is 11.4 Å². The lowest BCUT2D eigenvalue weighted by atomic mass is 10.0. The second-order valence-electron chi connectivity index (χ2n) is 5.35. The maximum atomic E-state index is 11.9. The topological polar surface area (TPSA) is 68.0 Å². The molecule has 0 aliphatic carbocycles. The predicted molar refractivity (Wildman–Crippen MR) is 95.4 cm³/mol. The van der Waals surface area contributed by atoms with E-state index < -0.39 is 5.97 Å². The molecule has 0 fully saturated rings. The van der Waals surface area contributed by atoms with Crippen molar-refractivity contribution in [1.29, 1.82) is 0 Å². The first-order valence-corrected chi connectivity index (χ1v) is 8.42. The highest BCUT2D eigenvalue weighted by Gasteiger charge is 2.24. The van der Waals surface area contributed by atoms with Gasteiger partial charge in [-0.25, -0.2) is 9.48 Å². The molecule has 2 aromatic heterocycles. The fraction of sp³-hybridized carbons (Fsp3) is 0.167. The van der Waals surface area contributed by atoms with Crippen molar-refractivity contribution < 1.29 is 9.90 Å². The molecule has 0 aliphatic rings. The van der Waals surface area contributed by atoms with Crippen molar-refractivity contribution in [2.75, 3.05) is 0 Å². The molecular formula is C18H16BrN3O2. The van der Waals surface area contributed by atoms with E-state index in [0.29, 0.717) is 17.8 Å². The first kappa shape index (κ1) is 16.4. The van der Waals surface area contributed by atoms with Gasteiger partial charge in [-0.2, -0.15) is 5.10 Å². The van der Waals surface area contributed by atoms with Crippen molar-refractivity contribution >= 4 is 21.9 Å². The van der Waals surface area contributed by atoms with E-state index >= 15 is 0 Å². The second-order valence-corrected chi connectivity index (χ2v) is 6.27. The Morgan fingerprint density at radius 3 is 2.42 bits per heavy atom. The number of pyridine rings is 1. The van der Waals surface area contributed by atoms with Crippen LogP contribution in [0, 0.1) is 0 Å². The molecule has 1 aromatic carbocycles. The SMILES string of the molecule is CCCc1c(C(=O)O)c(-c2ccncc2)nn1-c1ccc(Br)cc1. The molecule has 6 heteroatoms. The van der Waals surface area contributed by atoms with E-state index in [4.69, 9.17) is 0 Å². The third-order valence-corrected chi connectivity index (χ3v) is 4.24. The molecule has 3 aromatic rings. The molecule has 0 amide bonds. The number of rotatable bonds is 5. The molecule has 0 spiro atoms. The van der Waals surface area contributed by atoms with Crippen LogP contribution in [0.4, 0.5) is 0 Å². The Hall–Kier alpha value is -2.47. The number of carboxylic acid groups (broad SMARTS) is 1. The van der Waals surface area contributed by atoms with E-state index in [1.54, 1.807) is 29.2 Å². The second kappa shape index (κ2) is 6.97. The normalized spacial score (nSPS) is 10.8. The van der Waals surface area contributed by atoms with Crippen LogP contribution in [0.1, 0.15) is 29.4 Å². The number of aromatic nitrogens is 3. The number of halogens is 1. The van der Waals surface area contributed by atoms with E-state index in [0.717, 1.165) is 22.1 Å². The fourth-order valence-electron chi connectivity index (χ4n) is 2.65. The van der Waals surface area contributed by atoms with Crippen LogP contribution in [0.5, 0.6) is 0 Å². The number of hydrogen-bond acceptors (Lipinski definition) is 3. The van der Waals surface area contributed by atoms with Crippen LogP contribution < -0.4 is 0 Å². The van der Waals surface area contributed by atoms with E-state index in [-0.39, 0.29) is 5.56 Å². The predicted octanol–water partition coefficient (Wildman–Crippen LogP) is 4.35. The summed E-state index contributed by atoms with van der Waals surface area (Å²) in [5, 5.41) is 14.4. The fourth-order valence-corrected chi connectivity index (χ4v) is 2.92. The maximum Gasteiger partial charge on any atom is 0.339 e. The first-order chi connectivity index (χ1) is 11.6. The molecule has 0 saturated carbocycles. The summed E-state index contributed by atoms with van der Waals surface area (Å²) in [7, 11) is 0. The molecule has 3 rings (SSSR count). The summed E-state index contributed by atoms with van der Waals surface area (Å²) in [6.07, 6.45) is 4.74. The number of carbonyl (C=O) groups is 1. The third kappa shape index (κ3) is 3.10. The van der Waals surface area contributed by atoms with Gasteiger partial charge >= 0.3 is 5.97 Å². The van der Waals surface area contributed by atoms with Gasteiger partial charge in [0, 0.05) is 22.4 Å². The van der Waals surface area contributed by atoms with Crippen molar-refractivity contribution in [3.05, 3.63) is 64.5 Å². The van der Waals surface area contributed by atoms with Crippen molar-refractivity contribution in [1.82, 2.24) is 14.8 Å². The summed E-state index contributed by atoms with van der Waals surface area (Å²) in [5.41, 5.74) is 3.02. The lowest BCUT2D eigenvalue weighted by Crippen LogP contribution is -2.06. The van der Waals surface area contributed by atoms with Crippen LogP contribution in [-0.4, -0.2) is 25.8 Å². The van der Waals surface area contributed by atoms with Crippen LogP contribution in [0.2, 0.25) is 0 Å². The molecule has 0 radical (unpaired) electrons. The Morgan fingerprint density at radius 2 is 1.83 bits per heavy atom. The molecule has 0 atom stereocenters. The van der Waals surface area contributed by atoms with Crippen LogP contribution >= 0.6 is 15.9 Å². The van der Waals surface area contributed by atoms with Crippen LogP contribution in [0.15, 0.2) is 53.3 Å². The molecule has 5 nitrogen and oxygen atoms in total. The Labute approximate surface area is 148 Å². The van der Waals surface area contributed by atoms with Gasteiger partial charge < -0.3 is 5.11 Å². The van der Waals surface area contributed by atoms with Crippen molar-refractivity contribution in [2.45, 2.75) is 19.8 Å². The highest BCUT2D eigenvalue weighted by Crippen LogP contribution is 2.28. The van der Waals surface area contributed by atoms with Gasteiger partial charge in [0.25, 0.3) is 0 Å². The summed E-state index contributed by atoms with van der Waals surface area (Å²) < 4.78 is 2.69. The minimum absolute atomic E-state index is 0.256. The van der Waals surface area contributed by atoms with E-state index in [2.05, 4.69) is 26.0 Å². The number of hydrogen-bond donors (Lipinski definition) is 1. The molecule has 24 heavy (non-hydrogen) atoms. The lowest BCUT2D eigenvalue weighted by molar-refractivity contribution is 0.0696. The number of benzene rings is 1. The van der Waals surface area contributed by atoms with Gasteiger partial charge in [0.2, 0.25) is 0 Å². The quantitative estimate of drug-likeness (QED) is 0.708. The summed E-state index contributed by atoms with van der Waals surface area (Å²) in [5.74, 6) is -0.964. The molecule has 2 heterocycles. The summed E-state index contributed by atoms with van der Waals surface area (Å²) >= 11 is 3.42. The largest absolute Gasteiger partial charge is 0.478 e. The Kier molecular flexibility index (Phi) is 4.76. The standard InChI is InChI=1S/C18H16BrN3O2/c1-2-3-15-16(18(23)24)17(12-8-10-20-11-9-12)21-22(15)14-6-4-13(19)5-7-14/h4-11H,2-3H2,1H3,(H,23,24). The Balaban J connectivity index is 2.25. The number of carboxylic acids is 1. The highest BCUT2D eigenvalue weighted by atomic mass is 79.9. The van der Waals surface area contributed by atoms with Gasteiger partial charge in [-0.3, -0.25) is 4.98 Å². The molecular weight excluding hydrogens is 370 g/mol. The number of aromatic carboxylic acids is 1. The van der Waals surface area contributed by atoms with Crippen molar-refractivity contribution in [2.24, 2.45) is 0 Å². The van der Waals surface area contributed by atoms with Crippen LogP contribution in [0.25, 0.3) is 16.9 Å². The zero-order valence-electron chi connectivity index (χ0n) is 13.1. The van der Waals surface area contributed by atoms with E-state index in [9.17, 15) is 9.90 Å². The van der Waals surface area contributed by atoms with Gasteiger partial charge in [-0.15, -0.1) is 0 Å². The smallest absolute Gasteiger partial charge is 0.339 e. The van der Waals surface area contributed by atoms with Gasteiger partial charge in [0.1, 0.15) is 11.3 Å². The molecule has 1 N–H and O–H groups in total. The van der Waals surface area contributed by atoms with Gasteiger partial charge in [-0.1, -0.05) is 29.3 Å². The monoisotopic (exact) mass is 385 g/mol. The zero-order chi connectivity index (χ0) is 17.1. The summed E-state index contributed by atoms with van der Waals surface area (Å²) in [4.78, 5) is 15.9. The molecule has 0 saturated heterocycles. The molecule has 0 bridgehead atoms. The van der Waals surface area contributed by atoms with Gasteiger partial charge in [0.15, 0.2) is 0 Å². The average Bonchev–Trinajstić information content (AvgIpc) is 2.96. The lowest BCUT2D eigenvalue weighted by Gasteiger charge is -2.07. The third-order valence-electron chi connectivity index (χ3n) is 3.71. The number of nitrogens with zero attached hydrogens (tertiary/aromatic N) is 3. The summed E-state index contributed by atoms with van der Waals surface area (Å²) in [6, 6.07) is 11.2. The zero-order valence-corrected chi connectivity index (χ0v) is 14.7. The van der Waals surface area contributed by atoms with Crippen molar-refractivity contribution in [3.63, 3.8) is 0 Å². The van der Waals surface area contributed by atoms with Crippen molar-refractivity contribution in [3.8, 4) is 16.9 Å². The highest BCUT2D eigenvalue weighted by molar-refractivity contribution is 9.10. The molecule has 0 unspecified atom stereocenters. The Morgan fingerprint density at radius 1 is 1.17 bits per heavy atom. The first-order valence-electron chi connectivity index (χ1n) is 7.63. The average molecular weight is 386 g/mol. The Bertz CT molecular complexity index is 858. The molecule has 0 aliphatic heterocycles. The van der Waals surface area contributed by atoms with Crippen LogP contribution in [0.3, 0.4) is 0 Å². The van der Waals surface area contributed by atoms with E-state index in [1.165, 1.54) is 0 Å². The van der Waals surface area contributed by atoms with Crippen LogP contribution in [-0.2, 0) is 6.42 Å². The van der Waals surface area contributed by atoms with Gasteiger partial charge in [-0.05, 0) is 42.8 Å². The summed E-state index contributed by atoms with van der Waals surface area (Å²) in [6.45, 7) is 2.02. The maximum absolute atomic E-state index is 11.9. The minimum Gasteiger partial charge on any atom is -0.478 e. The minimum atomic E-state index is -0.964. The molecule has 122 valence electrons.